The molecule has 0 aliphatic carbocycles. The quantitative estimate of drug-likeness (QED) is 0.589. The van der Waals surface area contributed by atoms with Crippen LogP contribution in [0.1, 0.15) is 15.9 Å². The summed E-state index contributed by atoms with van der Waals surface area (Å²) in [4.78, 5) is 12.0. The second-order valence-corrected chi connectivity index (χ2v) is 5.36. The predicted molar refractivity (Wildman–Crippen MR) is 78.6 cm³/mol. The molecule has 0 amide bonds. The maximum Gasteiger partial charge on any atom is 0.168 e. The van der Waals surface area contributed by atoms with Crippen molar-refractivity contribution in [3.63, 3.8) is 0 Å². The summed E-state index contributed by atoms with van der Waals surface area (Å²) in [5, 5.41) is 0.517. The minimum Gasteiger partial charge on any atom is -0.294 e. The Morgan fingerprint density at radius 2 is 1.71 bits per heavy atom. The summed E-state index contributed by atoms with van der Waals surface area (Å²) in [5.41, 5.74) is 1.60. The fraction of sp³-hybridized carbons (Fsp3) is 0.0714. The van der Waals surface area contributed by atoms with Crippen molar-refractivity contribution in [3.05, 3.63) is 68.3 Å². The standard InChI is InChI=1S/C14H10ClIO/c15-13-4-2-1-3-12(13)14(17)9-10-5-7-11(16)8-6-10/h1-8H,9H2. The van der Waals surface area contributed by atoms with Crippen LogP contribution in [0.2, 0.25) is 5.02 Å². The molecule has 0 aromatic heterocycles. The van der Waals surface area contributed by atoms with Crippen molar-refractivity contribution in [1.82, 2.24) is 0 Å². The number of carbonyl (C=O) groups excluding carboxylic acids is 1. The largest absolute Gasteiger partial charge is 0.294 e. The van der Waals surface area contributed by atoms with Crippen molar-refractivity contribution in [2.45, 2.75) is 6.42 Å². The molecule has 0 aliphatic heterocycles. The highest BCUT2D eigenvalue weighted by Gasteiger charge is 2.10. The van der Waals surface area contributed by atoms with Gasteiger partial charge < -0.3 is 0 Å². The van der Waals surface area contributed by atoms with Crippen LogP contribution in [0.5, 0.6) is 0 Å². The van der Waals surface area contributed by atoms with E-state index >= 15 is 0 Å². The Morgan fingerprint density at radius 1 is 1.06 bits per heavy atom. The highest BCUT2D eigenvalue weighted by atomic mass is 127. The molecule has 86 valence electrons. The molecule has 2 aromatic rings. The summed E-state index contributed by atoms with van der Waals surface area (Å²) in [5.74, 6) is 0.0526. The van der Waals surface area contributed by atoms with Gasteiger partial charge in [0.1, 0.15) is 0 Å². The molecule has 0 radical (unpaired) electrons. The van der Waals surface area contributed by atoms with Gasteiger partial charge in [0.15, 0.2) is 5.78 Å². The van der Waals surface area contributed by atoms with Crippen molar-refractivity contribution in [2.24, 2.45) is 0 Å². The van der Waals surface area contributed by atoms with Gasteiger partial charge in [0.25, 0.3) is 0 Å². The Morgan fingerprint density at radius 3 is 2.35 bits per heavy atom. The second kappa shape index (κ2) is 5.65. The molecule has 0 aliphatic rings. The number of ketones is 1. The van der Waals surface area contributed by atoms with E-state index in [1.54, 1.807) is 12.1 Å². The number of benzene rings is 2. The van der Waals surface area contributed by atoms with Gasteiger partial charge in [-0.25, -0.2) is 0 Å². The number of rotatable bonds is 3. The molecule has 2 aromatic carbocycles. The lowest BCUT2D eigenvalue weighted by Gasteiger charge is -2.03. The SMILES string of the molecule is O=C(Cc1ccc(I)cc1)c1ccccc1Cl. The minimum absolute atomic E-state index is 0.0526. The van der Waals surface area contributed by atoms with Crippen molar-refractivity contribution >= 4 is 40.0 Å². The van der Waals surface area contributed by atoms with Crippen LogP contribution in [0, 0.1) is 3.57 Å². The maximum atomic E-state index is 12.0. The van der Waals surface area contributed by atoms with E-state index in [4.69, 9.17) is 11.6 Å². The molecular formula is C14H10ClIO. The molecule has 17 heavy (non-hydrogen) atoms. The van der Waals surface area contributed by atoms with Gasteiger partial charge in [0, 0.05) is 15.6 Å². The topological polar surface area (TPSA) is 17.1 Å². The van der Waals surface area contributed by atoms with E-state index in [0.717, 1.165) is 9.13 Å². The Bertz CT molecular complexity index is 534. The van der Waals surface area contributed by atoms with Crippen molar-refractivity contribution in [1.29, 1.82) is 0 Å². The van der Waals surface area contributed by atoms with Gasteiger partial charge in [-0.1, -0.05) is 35.9 Å². The smallest absolute Gasteiger partial charge is 0.168 e. The first-order chi connectivity index (χ1) is 8.16. The predicted octanol–water partition coefficient (Wildman–Crippen LogP) is 4.37. The number of carbonyl (C=O) groups is 1. The first-order valence-corrected chi connectivity index (χ1v) is 6.64. The van der Waals surface area contributed by atoms with Crippen LogP contribution in [0.4, 0.5) is 0 Å². The van der Waals surface area contributed by atoms with Crippen LogP contribution in [0.25, 0.3) is 0 Å². The van der Waals surface area contributed by atoms with Crippen molar-refractivity contribution < 1.29 is 4.79 Å². The van der Waals surface area contributed by atoms with E-state index in [-0.39, 0.29) is 5.78 Å². The van der Waals surface area contributed by atoms with Crippen LogP contribution in [0.3, 0.4) is 0 Å². The van der Waals surface area contributed by atoms with Crippen LogP contribution in [0.15, 0.2) is 48.5 Å². The molecular weight excluding hydrogens is 347 g/mol. The third-order valence-corrected chi connectivity index (χ3v) is 3.50. The third kappa shape index (κ3) is 3.30. The Hall–Kier alpha value is -0.870. The van der Waals surface area contributed by atoms with E-state index in [9.17, 15) is 4.79 Å². The van der Waals surface area contributed by atoms with E-state index in [1.165, 1.54) is 0 Å². The molecule has 0 spiro atoms. The Balaban J connectivity index is 2.17. The molecule has 0 N–H and O–H groups in total. The highest BCUT2D eigenvalue weighted by Crippen LogP contribution is 2.17. The molecule has 3 heteroatoms. The zero-order valence-electron chi connectivity index (χ0n) is 8.99. The summed E-state index contributed by atoms with van der Waals surface area (Å²) in [6.45, 7) is 0. The zero-order valence-corrected chi connectivity index (χ0v) is 11.9. The maximum absolute atomic E-state index is 12.0. The number of hydrogen-bond donors (Lipinski definition) is 0. The number of halogens is 2. The molecule has 0 unspecified atom stereocenters. The average Bonchev–Trinajstić information content (AvgIpc) is 2.32. The number of Topliss-reactive ketones (excluding diaryl/α,β-unsaturated/α-hetero) is 1. The normalized spacial score (nSPS) is 10.2. The molecule has 0 saturated carbocycles. The zero-order chi connectivity index (χ0) is 12.3. The van der Waals surface area contributed by atoms with E-state index < -0.39 is 0 Å². The number of hydrogen-bond acceptors (Lipinski definition) is 1. The van der Waals surface area contributed by atoms with Crippen LogP contribution in [-0.4, -0.2) is 5.78 Å². The molecule has 0 fully saturated rings. The summed E-state index contributed by atoms with van der Waals surface area (Å²) >= 11 is 8.23. The van der Waals surface area contributed by atoms with E-state index in [2.05, 4.69) is 22.6 Å². The molecule has 2 rings (SSSR count). The Labute approximate surface area is 119 Å². The second-order valence-electron chi connectivity index (χ2n) is 3.71. The van der Waals surface area contributed by atoms with Gasteiger partial charge in [0.05, 0.1) is 5.02 Å². The lowest BCUT2D eigenvalue weighted by molar-refractivity contribution is 0.0993. The molecule has 1 nitrogen and oxygen atoms in total. The van der Waals surface area contributed by atoms with Crippen LogP contribution < -0.4 is 0 Å². The van der Waals surface area contributed by atoms with Crippen LogP contribution >= 0.6 is 34.2 Å². The first kappa shape index (κ1) is 12.6. The Kier molecular flexibility index (Phi) is 4.18. The summed E-state index contributed by atoms with van der Waals surface area (Å²) in [7, 11) is 0. The fourth-order valence-corrected chi connectivity index (χ4v) is 2.17. The monoisotopic (exact) mass is 356 g/mol. The average molecular weight is 357 g/mol. The summed E-state index contributed by atoms with van der Waals surface area (Å²) in [6, 6.07) is 15.1. The first-order valence-electron chi connectivity index (χ1n) is 5.19. The fourth-order valence-electron chi connectivity index (χ4n) is 1.57. The van der Waals surface area contributed by atoms with Crippen molar-refractivity contribution in [2.75, 3.05) is 0 Å². The van der Waals surface area contributed by atoms with Gasteiger partial charge >= 0.3 is 0 Å². The van der Waals surface area contributed by atoms with Gasteiger partial charge in [-0.3, -0.25) is 4.79 Å². The summed E-state index contributed by atoms with van der Waals surface area (Å²) < 4.78 is 1.16. The van der Waals surface area contributed by atoms with Crippen molar-refractivity contribution in [3.8, 4) is 0 Å². The molecule has 0 saturated heterocycles. The molecule has 0 heterocycles. The van der Waals surface area contributed by atoms with E-state index in [0.29, 0.717) is 17.0 Å². The minimum atomic E-state index is 0.0526. The van der Waals surface area contributed by atoms with Gasteiger partial charge in [0.2, 0.25) is 0 Å². The summed E-state index contributed by atoms with van der Waals surface area (Å²) in [6.07, 6.45) is 0.390. The van der Waals surface area contributed by atoms with Gasteiger partial charge in [-0.15, -0.1) is 0 Å². The van der Waals surface area contributed by atoms with Gasteiger partial charge in [-0.05, 0) is 52.4 Å². The molecule has 0 bridgehead atoms. The lowest BCUT2D eigenvalue weighted by atomic mass is 10.0. The van der Waals surface area contributed by atoms with Gasteiger partial charge in [-0.2, -0.15) is 0 Å². The highest BCUT2D eigenvalue weighted by molar-refractivity contribution is 14.1. The van der Waals surface area contributed by atoms with E-state index in [1.807, 2.05) is 36.4 Å². The van der Waals surface area contributed by atoms with Crippen LogP contribution in [-0.2, 0) is 6.42 Å². The third-order valence-electron chi connectivity index (χ3n) is 2.45. The lowest BCUT2D eigenvalue weighted by Crippen LogP contribution is -2.04. The molecule has 0 atom stereocenters.